The first-order valence-electron chi connectivity index (χ1n) is 10.3. The van der Waals surface area contributed by atoms with E-state index >= 15 is 0 Å². The SMILES string of the molecule is COc1c(N2CCC(C3(N)CC3)C2)ccc2c(=O)c3c(=O)[nH]sc3n(C3CC3)c12.Cl. The lowest BCUT2D eigenvalue weighted by Gasteiger charge is -2.25. The molecule has 1 atom stereocenters. The summed E-state index contributed by atoms with van der Waals surface area (Å²) >= 11 is 1.25. The van der Waals surface area contributed by atoms with Crippen LogP contribution in [-0.2, 0) is 0 Å². The van der Waals surface area contributed by atoms with Crippen LogP contribution < -0.4 is 26.4 Å². The second-order valence-corrected chi connectivity index (χ2v) is 9.62. The van der Waals surface area contributed by atoms with E-state index in [2.05, 4.69) is 13.8 Å². The number of fused-ring (bicyclic) bond motifs is 2. The first-order valence-corrected chi connectivity index (χ1v) is 11.1. The maximum absolute atomic E-state index is 13.1. The lowest BCUT2D eigenvalue weighted by Crippen LogP contribution is -2.34. The fourth-order valence-corrected chi connectivity index (χ4v) is 5.93. The van der Waals surface area contributed by atoms with E-state index in [1.165, 1.54) is 11.5 Å². The van der Waals surface area contributed by atoms with Crippen LogP contribution in [0.4, 0.5) is 5.69 Å². The zero-order valence-electron chi connectivity index (χ0n) is 16.8. The van der Waals surface area contributed by atoms with Gasteiger partial charge < -0.3 is 19.9 Å². The van der Waals surface area contributed by atoms with Crippen molar-refractivity contribution in [1.29, 1.82) is 0 Å². The Labute approximate surface area is 183 Å². The second kappa shape index (κ2) is 6.73. The predicted molar refractivity (Wildman–Crippen MR) is 123 cm³/mol. The topological polar surface area (TPSA) is 93.3 Å². The van der Waals surface area contributed by atoms with Gasteiger partial charge in [0.2, 0.25) is 5.43 Å². The fraction of sp³-hybridized carbons (Fsp3) is 0.524. The van der Waals surface area contributed by atoms with E-state index in [9.17, 15) is 9.59 Å². The minimum absolute atomic E-state index is 0. The van der Waals surface area contributed by atoms with E-state index in [-0.39, 0.29) is 34.3 Å². The molecule has 3 heterocycles. The third kappa shape index (κ3) is 2.73. The zero-order valence-corrected chi connectivity index (χ0v) is 18.4. The summed E-state index contributed by atoms with van der Waals surface area (Å²) in [4.78, 5) is 28.5. The van der Waals surface area contributed by atoms with Crippen LogP contribution in [0.15, 0.2) is 21.7 Å². The number of hydrogen-bond acceptors (Lipinski definition) is 6. The van der Waals surface area contributed by atoms with Crippen molar-refractivity contribution in [2.75, 3.05) is 25.1 Å². The van der Waals surface area contributed by atoms with E-state index in [1.54, 1.807) is 7.11 Å². The molecule has 0 bridgehead atoms. The molecule has 1 saturated heterocycles. The first-order chi connectivity index (χ1) is 14.0. The van der Waals surface area contributed by atoms with Gasteiger partial charge in [-0.25, -0.2) is 0 Å². The molecule has 1 aromatic carbocycles. The quantitative estimate of drug-likeness (QED) is 0.640. The number of aromatic nitrogens is 2. The van der Waals surface area contributed by atoms with Gasteiger partial charge in [0, 0.05) is 24.7 Å². The number of rotatable bonds is 4. The minimum Gasteiger partial charge on any atom is -0.492 e. The molecule has 1 aliphatic heterocycles. The number of halogens is 1. The molecule has 2 aliphatic carbocycles. The van der Waals surface area contributed by atoms with Crippen molar-refractivity contribution >= 4 is 50.7 Å². The highest BCUT2D eigenvalue weighted by Gasteiger charge is 2.48. The summed E-state index contributed by atoms with van der Waals surface area (Å²) in [5, 5.41) is 0.825. The first kappa shape index (κ1) is 19.9. The fourth-order valence-electron chi connectivity index (χ4n) is 5.02. The molecule has 30 heavy (non-hydrogen) atoms. The Morgan fingerprint density at radius 2 is 2.00 bits per heavy atom. The number of nitrogens with one attached hydrogen (secondary N) is 1. The lowest BCUT2D eigenvalue weighted by molar-refractivity contribution is 0.416. The Hall–Kier alpha value is -2.03. The molecule has 0 spiro atoms. The molecule has 3 aliphatic rings. The molecular formula is C21H25ClN4O3S. The standard InChI is InChI=1S/C21H24N4O3S.ClH/c1-28-18-14(24-9-6-11(10-24)21(22)7-8-21)5-4-13-16(18)25(12-2-3-12)20-15(17(13)26)19(27)23-29-20;/h4-5,11-12H,2-3,6-10,22H2,1H3,(H,23,27);1H. The molecule has 0 amide bonds. The highest BCUT2D eigenvalue weighted by Crippen LogP contribution is 2.48. The molecule has 2 aromatic heterocycles. The summed E-state index contributed by atoms with van der Waals surface area (Å²) in [6.45, 7) is 1.87. The van der Waals surface area contributed by atoms with Gasteiger partial charge >= 0.3 is 0 Å². The average Bonchev–Trinajstić information content (AvgIpc) is 3.60. The van der Waals surface area contributed by atoms with Crippen molar-refractivity contribution in [3.05, 3.63) is 32.7 Å². The lowest BCUT2D eigenvalue weighted by atomic mass is 9.97. The number of methoxy groups -OCH3 is 1. The number of H-pyrrole nitrogens is 1. The van der Waals surface area contributed by atoms with Gasteiger partial charge in [0.15, 0.2) is 5.75 Å². The summed E-state index contributed by atoms with van der Waals surface area (Å²) in [6.07, 6.45) is 5.42. The summed E-state index contributed by atoms with van der Waals surface area (Å²) in [5.41, 5.74) is 7.81. The molecule has 2 saturated carbocycles. The van der Waals surface area contributed by atoms with Crippen LogP contribution in [0.2, 0.25) is 0 Å². The van der Waals surface area contributed by atoms with Gasteiger partial charge in [-0.1, -0.05) is 0 Å². The monoisotopic (exact) mass is 448 g/mol. The predicted octanol–water partition coefficient (Wildman–Crippen LogP) is 2.99. The van der Waals surface area contributed by atoms with E-state index in [0.717, 1.165) is 67.0 Å². The number of pyridine rings is 1. The molecule has 0 radical (unpaired) electrons. The molecule has 3 aromatic rings. The van der Waals surface area contributed by atoms with Crippen LogP contribution in [0, 0.1) is 5.92 Å². The smallest absolute Gasteiger partial charge is 0.271 e. The van der Waals surface area contributed by atoms with Crippen LogP contribution in [-0.4, -0.2) is 34.7 Å². The Bertz CT molecular complexity index is 1270. The summed E-state index contributed by atoms with van der Waals surface area (Å²) in [5.74, 6) is 1.24. The normalized spacial score (nSPS) is 22.5. The number of ether oxygens (including phenoxy) is 1. The number of hydrogen-bond donors (Lipinski definition) is 2. The number of anilines is 1. The van der Waals surface area contributed by atoms with Gasteiger partial charge in [-0.2, -0.15) is 0 Å². The van der Waals surface area contributed by atoms with Crippen molar-refractivity contribution in [3.8, 4) is 5.75 Å². The van der Waals surface area contributed by atoms with Crippen LogP contribution >= 0.6 is 23.9 Å². The molecule has 3 fully saturated rings. The maximum atomic E-state index is 13.1. The third-order valence-corrected chi connectivity index (χ3v) is 7.89. The molecular weight excluding hydrogens is 424 g/mol. The van der Waals surface area contributed by atoms with E-state index in [1.807, 2.05) is 12.1 Å². The third-order valence-electron chi connectivity index (χ3n) is 7.01. The number of aromatic amines is 1. The second-order valence-electron chi connectivity index (χ2n) is 8.82. The van der Waals surface area contributed by atoms with Crippen LogP contribution in [0.5, 0.6) is 5.75 Å². The van der Waals surface area contributed by atoms with E-state index in [4.69, 9.17) is 10.5 Å². The van der Waals surface area contributed by atoms with Crippen LogP contribution in [0.25, 0.3) is 21.1 Å². The van der Waals surface area contributed by atoms with E-state index < -0.39 is 0 Å². The van der Waals surface area contributed by atoms with Crippen LogP contribution in [0.3, 0.4) is 0 Å². The van der Waals surface area contributed by atoms with Gasteiger partial charge in [-0.15, -0.1) is 12.4 Å². The van der Waals surface area contributed by atoms with Crippen LogP contribution in [0.1, 0.15) is 38.1 Å². The van der Waals surface area contributed by atoms with Crippen molar-refractivity contribution in [3.63, 3.8) is 0 Å². The molecule has 9 heteroatoms. The Morgan fingerprint density at radius 1 is 1.23 bits per heavy atom. The van der Waals surface area contributed by atoms with Gasteiger partial charge in [0.05, 0.1) is 23.7 Å². The van der Waals surface area contributed by atoms with E-state index in [0.29, 0.717) is 17.3 Å². The molecule has 6 rings (SSSR count). The highest BCUT2D eigenvalue weighted by atomic mass is 35.5. The maximum Gasteiger partial charge on any atom is 0.271 e. The molecule has 160 valence electrons. The van der Waals surface area contributed by atoms with Gasteiger partial charge in [0.1, 0.15) is 10.2 Å². The molecule has 1 unspecified atom stereocenters. The number of nitrogens with zero attached hydrogens (tertiary/aromatic N) is 2. The summed E-state index contributed by atoms with van der Waals surface area (Å²) in [6, 6.07) is 4.15. The summed E-state index contributed by atoms with van der Waals surface area (Å²) < 4.78 is 10.8. The largest absolute Gasteiger partial charge is 0.492 e. The number of nitrogens with two attached hydrogens (primary N) is 1. The molecule has 7 nitrogen and oxygen atoms in total. The summed E-state index contributed by atoms with van der Waals surface area (Å²) in [7, 11) is 1.67. The minimum atomic E-state index is -0.297. The van der Waals surface area contributed by atoms with Crippen molar-refractivity contribution < 1.29 is 4.74 Å². The Morgan fingerprint density at radius 3 is 2.67 bits per heavy atom. The zero-order chi connectivity index (χ0) is 19.9. The highest BCUT2D eigenvalue weighted by molar-refractivity contribution is 7.12. The van der Waals surface area contributed by atoms with Gasteiger partial charge in [-0.3, -0.25) is 14.0 Å². The Kier molecular flexibility index (Phi) is 4.47. The van der Waals surface area contributed by atoms with Crippen molar-refractivity contribution in [2.45, 2.75) is 43.7 Å². The average molecular weight is 449 g/mol. The molecule has 3 N–H and O–H groups in total. The van der Waals surface area contributed by atoms with Crippen molar-refractivity contribution in [2.24, 2.45) is 11.7 Å². The van der Waals surface area contributed by atoms with Gasteiger partial charge in [-0.05, 0) is 61.7 Å². The number of benzene rings is 1. The van der Waals surface area contributed by atoms with Gasteiger partial charge in [0.25, 0.3) is 5.56 Å². The Balaban J connectivity index is 0.00000193. The van der Waals surface area contributed by atoms with Crippen molar-refractivity contribution in [1.82, 2.24) is 8.94 Å².